The first-order valence-corrected chi connectivity index (χ1v) is 5.39. The Bertz CT molecular complexity index is 334. The molecule has 0 bridgehead atoms. The van der Waals surface area contributed by atoms with Crippen LogP contribution < -0.4 is 4.90 Å². The van der Waals surface area contributed by atoms with Gasteiger partial charge in [-0.05, 0) is 6.42 Å². The number of hydrogen-bond acceptors (Lipinski definition) is 4. The van der Waals surface area contributed by atoms with Crippen LogP contribution in [0.4, 0.5) is 5.82 Å². The Hall–Kier alpha value is -0.870. The van der Waals surface area contributed by atoms with E-state index in [0.717, 1.165) is 31.9 Å². The summed E-state index contributed by atoms with van der Waals surface area (Å²) in [4.78, 5) is 10.5. The summed E-state index contributed by atoms with van der Waals surface area (Å²) in [6.45, 7) is 2.79. The second-order valence-electron chi connectivity index (χ2n) is 3.76. The van der Waals surface area contributed by atoms with Crippen molar-refractivity contribution in [2.24, 2.45) is 5.92 Å². The molecule has 2 heterocycles. The zero-order valence-electron chi connectivity index (χ0n) is 8.69. The van der Waals surface area contributed by atoms with Gasteiger partial charge < -0.3 is 9.64 Å². The normalized spacial score (nSPS) is 20.9. The van der Waals surface area contributed by atoms with Gasteiger partial charge in [0.25, 0.3) is 0 Å². The number of hydrogen-bond donors (Lipinski definition) is 0. The lowest BCUT2D eigenvalue weighted by Crippen LogP contribution is -2.22. The van der Waals surface area contributed by atoms with Crippen molar-refractivity contribution in [2.75, 3.05) is 31.7 Å². The van der Waals surface area contributed by atoms with Crippen LogP contribution in [0.2, 0.25) is 5.15 Å². The van der Waals surface area contributed by atoms with Crippen molar-refractivity contribution >= 4 is 17.4 Å². The van der Waals surface area contributed by atoms with E-state index < -0.39 is 0 Å². The smallest absolute Gasteiger partial charge is 0.149 e. The summed E-state index contributed by atoms with van der Waals surface area (Å²) in [6, 6.07) is 0. The van der Waals surface area contributed by atoms with Crippen molar-refractivity contribution in [3.63, 3.8) is 0 Å². The van der Waals surface area contributed by atoms with E-state index >= 15 is 0 Å². The molecule has 2 rings (SSSR count). The fourth-order valence-corrected chi connectivity index (χ4v) is 2.04. The van der Waals surface area contributed by atoms with E-state index in [0.29, 0.717) is 11.1 Å². The third kappa shape index (κ3) is 2.58. The van der Waals surface area contributed by atoms with Crippen molar-refractivity contribution in [2.45, 2.75) is 6.42 Å². The molecule has 0 spiro atoms. The predicted octanol–water partition coefficient (Wildman–Crippen LogP) is 1.60. The molecule has 0 aliphatic carbocycles. The lowest BCUT2D eigenvalue weighted by molar-refractivity contribution is 0.161. The Morgan fingerprint density at radius 2 is 2.47 bits per heavy atom. The van der Waals surface area contributed by atoms with Gasteiger partial charge in [0, 0.05) is 26.1 Å². The van der Waals surface area contributed by atoms with Crippen LogP contribution >= 0.6 is 11.6 Å². The van der Waals surface area contributed by atoms with Gasteiger partial charge in [-0.2, -0.15) is 0 Å². The molecule has 5 heteroatoms. The topological polar surface area (TPSA) is 38.2 Å². The van der Waals surface area contributed by atoms with Crippen LogP contribution in [0.1, 0.15) is 6.42 Å². The van der Waals surface area contributed by atoms with Crippen LogP contribution in [0.5, 0.6) is 0 Å². The van der Waals surface area contributed by atoms with Gasteiger partial charge in [0.1, 0.15) is 11.0 Å². The molecule has 1 atom stereocenters. The summed E-state index contributed by atoms with van der Waals surface area (Å²) in [7, 11) is 1.74. The molecular formula is C10H14ClN3O. The highest BCUT2D eigenvalue weighted by molar-refractivity contribution is 6.29. The van der Waals surface area contributed by atoms with Gasteiger partial charge in [-0.15, -0.1) is 0 Å². The summed E-state index contributed by atoms with van der Waals surface area (Å²) >= 11 is 5.80. The maximum atomic E-state index is 5.80. The van der Waals surface area contributed by atoms with Crippen molar-refractivity contribution in [1.29, 1.82) is 0 Å². The summed E-state index contributed by atoms with van der Waals surface area (Å²) in [5.74, 6) is 1.46. The zero-order valence-corrected chi connectivity index (χ0v) is 9.44. The Labute approximate surface area is 94.2 Å². The van der Waals surface area contributed by atoms with Crippen molar-refractivity contribution < 1.29 is 4.74 Å². The number of rotatable bonds is 3. The first kappa shape index (κ1) is 10.6. The predicted molar refractivity (Wildman–Crippen MR) is 59.2 cm³/mol. The van der Waals surface area contributed by atoms with Gasteiger partial charge >= 0.3 is 0 Å². The first-order chi connectivity index (χ1) is 7.29. The van der Waals surface area contributed by atoms with E-state index in [9.17, 15) is 0 Å². The van der Waals surface area contributed by atoms with E-state index in [1.807, 2.05) is 0 Å². The minimum Gasteiger partial charge on any atom is -0.384 e. The third-order valence-corrected chi connectivity index (χ3v) is 2.79. The lowest BCUT2D eigenvalue weighted by atomic mass is 10.1. The summed E-state index contributed by atoms with van der Waals surface area (Å²) < 4.78 is 5.14. The second-order valence-corrected chi connectivity index (χ2v) is 4.14. The van der Waals surface area contributed by atoms with Crippen molar-refractivity contribution in [3.8, 4) is 0 Å². The second kappa shape index (κ2) is 4.77. The number of aromatic nitrogens is 2. The first-order valence-electron chi connectivity index (χ1n) is 5.01. The molecule has 4 nitrogen and oxygen atoms in total. The number of halogens is 1. The molecule has 82 valence electrons. The van der Waals surface area contributed by atoms with Crippen molar-refractivity contribution in [3.05, 3.63) is 17.5 Å². The summed E-state index contributed by atoms with van der Waals surface area (Å²) in [5.41, 5.74) is 0. The van der Waals surface area contributed by atoms with Crippen LogP contribution in [-0.2, 0) is 4.74 Å². The van der Waals surface area contributed by atoms with Gasteiger partial charge in [0.05, 0.1) is 19.0 Å². The lowest BCUT2D eigenvalue weighted by Gasteiger charge is -2.16. The van der Waals surface area contributed by atoms with Crippen LogP contribution in [0.3, 0.4) is 0 Å². The van der Waals surface area contributed by atoms with Gasteiger partial charge in [-0.3, -0.25) is 4.98 Å². The molecule has 1 unspecified atom stereocenters. The maximum absolute atomic E-state index is 5.80. The van der Waals surface area contributed by atoms with Gasteiger partial charge in [-0.25, -0.2) is 4.98 Å². The Balaban J connectivity index is 2.01. The molecule has 1 saturated heterocycles. The highest BCUT2D eigenvalue weighted by Gasteiger charge is 2.23. The Kier molecular flexibility index (Phi) is 3.38. The standard InChI is InChI=1S/C10H14ClN3O/c1-15-7-8-2-3-14(6-8)10-5-12-4-9(11)13-10/h4-5,8H,2-3,6-7H2,1H3. The van der Waals surface area contributed by atoms with Crippen LogP contribution in [0.15, 0.2) is 12.4 Å². The highest BCUT2D eigenvalue weighted by atomic mass is 35.5. The summed E-state index contributed by atoms with van der Waals surface area (Å²) in [5, 5.41) is 0.447. The number of methoxy groups -OCH3 is 1. The minimum atomic E-state index is 0.447. The molecule has 0 amide bonds. The van der Waals surface area contributed by atoms with E-state index in [-0.39, 0.29) is 0 Å². The number of nitrogens with zero attached hydrogens (tertiary/aromatic N) is 3. The zero-order chi connectivity index (χ0) is 10.7. The van der Waals surface area contributed by atoms with Crippen LogP contribution in [0, 0.1) is 5.92 Å². The number of ether oxygens (including phenoxy) is 1. The molecule has 0 N–H and O–H groups in total. The van der Waals surface area contributed by atoms with E-state index in [4.69, 9.17) is 16.3 Å². The molecule has 0 radical (unpaired) electrons. The molecule has 1 fully saturated rings. The SMILES string of the molecule is COCC1CCN(c2cncc(Cl)n2)C1. The molecule has 1 aliphatic rings. The molecular weight excluding hydrogens is 214 g/mol. The van der Waals surface area contributed by atoms with Gasteiger partial charge in [0.2, 0.25) is 0 Å². The summed E-state index contributed by atoms with van der Waals surface area (Å²) in [6.07, 6.45) is 4.44. The molecule has 1 aromatic rings. The van der Waals surface area contributed by atoms with Gasteiger partial charge in [0.15, 0.2) is 0 Å². The molecule has 0 aromatic carbocycles. The van der Waals surface area contributed by atoms with Crippen LogP contribution in [-0.4, -0.2) is 36.8 Å². The Morgan fingerprint density at radius 3 is 3.20 bits per heavy atom. The quantitative estimate of drug-likeness (QED) is 0.786. The Morgan fingerprint density at radius 1 is 1.60 bits per heavy atom. The molecule has 1 aliphatic heterocycles. The van der Waals surface area contributed by atoms with Gasteiger partial charge in [-0.1, -0.05) is 11.6 Å². The average molecular weight is 228 g/mol. The fourth-order valence-electron chi connectivity index (χ4n) is 1.90. The third-order valence-electron chi connectivity index (χ3n) is 2.60. The van der Waals surface area contributed by atoms with Crippen molar-refractivity contribution in [1.82, 2.24) is 9.97 Å². The largest absolute Gasteiger partial charge is 0.384 e. The monoisotopic (exact) mass is 227 g/mol. The highest BCUT2D eigenvalue weighted by Crippen LogP contribution is 2.22. The van der Waals surface area contributed by atoms with E-state index in [2.05, 4.69) is 14.9 Å². The fraction of sp³-hybridized carbons (Fsp3) is 0.600. The molecule has 0 saturated carbocycles. The minimum absolute atomic E-state index is 0.447. The molecule has 1 aromatic heterocycles. The van der Waals surface area contributed by atoms with E-state index in [1.54, 1.807) is 19.5 Å². The van der Waals surface area contributed by atoms with E-state index in [1.165, 1.54) is 0 Å². The van der Waals surface area contributed by atoms with Crippen LogP contribution in [0.25, 0.3) is 0 Å². The molecule has 15 heavy (non-hydrogen) atoms. The maximum Gasteiger partial charge on any atom is 0.149 e. The average Bonchev–Trinajstić information content (AvgIpc) is 2.67. The number of anilines is 1.